The van der Waals surface area contributed by atoms with Crippen molar-refractivity contribution in [3.63, 3.8) is 0 Å². The minimum atomic E-state index is -0.115. The van der Waals surface area contributed by atoms with Crippen molar-refractivity contribution in [2.75, 3.05) is 6.73 Å². The second-order valence-corrected chi connectivity index (χ2v) is 3.55. The number of hydrogen-bond acceptors (Lipinski definition) is 5. The van der Waals surface area contributed by atoms with Crippen molar-refractivity contribution in [3.05, 3.63) is 22.6 Å². The van der Waals surface area contributed by atoms with Crippen LogP contribution in [0.5, 0.6) is 0 Å². The van der Waals surface area contributed by atoms with Gasteiger partial charge in [0.25, 0.3) is 0 Å². The molecule has 0 spiro atoms. The average molecular weight is 211 g/mol. The monoisotopic (exact) mass is 211 g/mol. The summed E-state index contributed by atoms with van der Waals surface area (Å²) in [6, 6.07) is 0. The molecule has 0 amide bonds. The van der Waals surface area contributed by atoms with E-state index in [1.165, 1.54) is 5.01 Å². The van der Waals surface area contributed by atoms with Gasteiger partial charge in [-0.05, 0) is 13.8 Å². The predicted octanol–water partition coefficient (Wildman–Crippen LogP) is 0.676. The lowest BCUT2D eigenvalue weighted by atomic mass is 10.2. The molecule has 2 N–H and O–H groups in total. The number of fused-ring (bicyclic) bond motifs is 1. The second-order valence-electron chi connectivity index (χ2n) is 3.16. The van der Waals surface area contributed by atoms with E-state index in [0.717, 1.165) is 11.3 Å². The molecule has 0 saturated heterocycles. The number of allylic oxidation sites excluding steroid dienone is 1. The Morgan fingerprint density at radius 1 is 1.57 bits per heavy atom. The van der Waals surface area contributed by atoms with Crippen molar-refractivity contribution >= 4 is 18.3 Å². The van der Waals surface area contributed by atoms with Gasteiger partial charge in [0, 0.05) is 11.3 Å². The Morgan fingerprint density at radius 3 is 2.93 bits per heavy atom. The fourth-order valence-corrected chi connectivity index (χ4v) is 1.57. The summed E-state index contributed by atoms with van der Waals surface area (Å²) in [7, 11) is 0. The number of nitrogens with zero attached hydrogens (tertiary/aromatic N) is 3. The lowest BCUT2D eigenvalue weighted by molar-refractivity contribution is 0.0678. The highest BCUT2D eigenvalue weighted by Crippen LogP contribution is 2.28. The lowest BCUT2D eigenvalue weighted by Gasteiger charge is -2.25. The third kappa shape index (κ3) is 1.28. The highest BCUT2D eigenvalue weighted by molar-refractivity contribution is 7.84. The Kier molecular flexibility index (Phi) is 2.18. The molecule has 2 rings (SSSR count). The molecule has 0 aliphatic carbocycles. The van der Waals surface area contributed by atoms with E-state index in [2.05, 4.69) is 10.5 Å². The molecule has 0 aromatic carbocycles. The van der Waals surface area contributed by atoms with Gasteiger partial charge in [-0.15, -0.1) is 5.53 Å². The summed E-state index contributed by atoms with van der Waals surface area (Å²) >= 11 is 5.24. The van der Waals surface area contributed by atoms with Crippen LogP contribution in [0.4, 0.5) is 0 Å². The molecule has 0 unspecified atom stereocenters. The van der Waals surface area contributed by atoms with Crippen molar-refractivity contribution in [2.45, 2.75) is 13.8 Å². The zero-order chi connectivity index (χ0) is 10.3. The quantitative estimate of drug-likeness (QED) is 0.669. The molecule has 2 aliphatic rings. The van der Waals surface area contributed by atoms with Gasteiger partial charge in [0.15, 0.2) is 5.82 Å². The maximum atomic E-state index is 8.92. The maximum Gasteiger partial charge on any atom is 0.167 e. The highest BCUT2D eigenvalue weighted by atomic mass is 32.1. The summed E-state index contributed by atoms with van der Waals surface area (Å²) in [5.74, 6) is 0.715. The number of nitrogens with one attached hydrogen (secondary N) is 1. The van der Waals surface area contributed by atoms with Crippen LogP contribution in [0, 0.1) is 0 Å². The van der Waals surface area contributed by atoms with E-state index < -0.39 is 0 Å². The second kappa shape index (κ2) is 3.23. The first-order valence-corrected chi connectivity index (χ1v) is 4.63. The average Bonchev–Trinajstić information content (AvgIpc) is 2.57. The van der Waals surface area contributed by atoms with Gasteiger partial charge in [-0.25, -0.2) is 10.0 Å². The van der Waals surface area contributed by atoms with Gasteiger partial charge in [0.1, 0.15) is 11.8 Å². The van der Waals surface area contributed by atoms with E-state index in [-0.39, 0.29) is 6.73 Å². The fraction of sp³-hybridized carbons (Fsp3) is 0.375. The third-order valence-electron chi connectivity index (χ3n) is 2.23. The Hall–Kier alpha value is -1.11. The van der Waals surface area contributed by atoms with Gasteiger partial charge in [0.05, 0.1) is 6.20 Å². The van der Waals surface area contributed by atoms with E-state index in [9.17, 15) is 0 Å². The number of rotatable bonds is 1. The summed E-state index contributed by atoms with van der Waals surface area (Å²) in [6.07, 6.45) is 1.71. The summed E-state index contributed by atoms with van der Waals surface area (Å²) in [6.45, 7) is 3.74. The summed E-state index contributed by atoms with van der Waals surface area (Å²) in [4.78, 5) is 4.34. The molecule has 0 saturated carbocycles. The zero-order valence-corrected chi connectivity index (χ0v) is 8.80. The first-order chi connectivity index (χ1) is 6.63. The molecule has 0 aromatic rings. The highest BCUT2D eigenvalue weighted by Gasteiger charge is 2.27. The van der Waals surface area contributed by atoms with Crippen LogP contribution in [-0.2, 0) is 0 Å². The summed E-state index contributed by atoms with van der Waals surface area (Å²) in [5.41, 5.74) is 4.79. The molecular formula is C8H11N4OS. The first kappa shape index (κ1) is 9.45. The number of aliphatic imine (C=N–C) groups is 1. The number of aliphatic hydroxyl groups is 1. The SMILES string of the molecule is CC1=NC2=CN(CO)NN2C([S])=C1C. The smallest absolute Gasteiger partial charge is 0.167 e. The van der Waals surface area contributed by atoms with E-state index in [4.69, 9.17) is 17.7 Å². The molecule has 6 heteroatoms. The van der Waals surface area contributed by atoms with Crippen LogP contribution >= 0.6 is 12.6 Å². The number of aliphatic hydroxyl groups excluding tert-OH is 1. The van der Waals surface area contributed by atoms with E-state index in [1.807, 2.05) is 13.8 Å². The van der Waals surface area contributed by atoms with Crippen LogP contribution in [0.2, 0.25) is 0 Å². The standard InChI is InChI=1S/C8H11N4OS/c1-5-6(2)9-7-3-11(4-13)10-12(7)8(5)14/h3,10,13H,4H2,1-2H3. The van der Waals surface area contributed by atoms with Crippen LogP contribution in [-0.4, -0.2) is 27.6 Å². The Balaban J connectivity index is 2.36. The Morgan fingerprint density at radius 2 is 2.29 bits per heavy atom. The van der Waals surface area contributed by atoms with Crippen LogP contribution in [0.1, 0.15) is 13.8 Å². The zero-order valence-electron chi connectivity index (χ0n) is 7.98. The molecule has 0 fully saturated rings. The van der Waals surface area contributed by atoms with Crippen molar-refractivity contribution in [1.29, 1.82) is 0 Å². The normalized spacial score (nSPS) is 21.1. The van der Waals surface area contributed by atoms with Crippen molar-refractivity contribution < 1.29 is 5.11 Å². The van der Waals surface area contributed by atoms with E-state index in [0.29, 0.717) is 10.9 Å². The number of hydrogen-bond donors (Lipinski definition) is 2. The Bertz CT molecular complexity index is 360. The molecule has 75 valence electrons. The molecule has 5 nitrogen and oxygen atoms in total. The lowest BCUT2D eigenvalue weighted by Crippen LogP contribution is -2.40. The predicted molar refractivity (Wildman–Crippen MR) is 55.4 cm³/mol. The van der Waals surface area contributed by atoms with Gasteiger partial charge in [-0.2, -0.15) is 0 Å². The minimum Gasteiger partial charge on any atom is -0.375 e. The van der Waals surface area contributed by atoms with Crippen LogP contribution in [0.25, 0.3) is 0 Å². The fourth-order valence-electron chi connectivity index (χ4n) is 1.28. The topological polar surface area (TPSA) is 51.1 Å². The molecule has 0 atom stereocenters. The third-order valence-corrected chi connectivity index (χ3v) is 2.72. The maximum absolute atomic E-state index is 8.92. The molecular weight excluding hydrogens is 200 g/mol. The van der Waals surface area contributed by atoms with E-state index in [1.54, 1.807) is 11.2 Å². The van der Waals surface area contributed by atoms with Crippen molar-refractivity contribution in [2.24, 2.45) is 4.99 Å². The molecule has 1 radical (unpaired) electrons. The Labute approximate surface area is 87.8 Å². The van der Waals surface area contributed by atoms with Crippen LogP contribution < -0.4 is 5.53 Å². The first-order valence-electron chi connectivity index (χ1n) is 4.23. The molecule has 0 bridgehead atoms. The van der Waals surface area contributed by atoms with Crippen LogP contribution in [0.15, 0.2) is 27.6 Å². The van der Waals surface area contributed by atoms with Crippen molar-refractivity contribution in [1.82, 2.24) is 15.6 Å². The molecule has 0 aromatic heterocycles. The number of hydrazine groups is 2. The van der Waals surface area contributed by atoms with Gasteiger partial charge in [-0.3, -0.25) is 5.01 Å². The van der Waals surface area contributed by atoms with E-state index >= 15 is 0 Å². The molecule has 2 heterocycles. The molecule has 14 heavy (non-hydrogen) atoms. The van der Waals surface area contributed by atoms with Gasteiger partial charge in [0.2, 0.25) is 0 Å². The van der Waals surface area contributed by atoms with Crippen molar-refractivity contribution in [3.8, 4) is 0 Å². The molecule has 2 aliphatic heterocycles. The summed E-state index contributed by atoms with van der Waals surface area (Å²) in [5, 5.41) is 12.8. The largest absolute Gasteiger partial charge is 0.375 e. The van der Waals surface area contributed by atoms with Gasteiger partial charge in [-0.1, -0.05) is 12.6 Å². The van der Waals surface area contributed by atoms with Crippen LogP contribution in [0.3, 0.4) is 0 Å². The minimum absolute atomic E-state index is 0.115. The van der Waals surface area contributed by atoms with Gasteiger partial charge < -0.3 is 5.11 Å². The van der Waals surface area contributed by atoms with Gasteiger partial charge >= 0.3 is 0 Å². The summed E-state index contributed by atoms with van der Waals surface area (Å²) < 4.78 is 0.